The van der Waals surface area contributed by atoms with Crippen molar-refractivity contribution in [1.82, 2.24) is 19.8 Å². The first-order valence-electron chi connectivity index (χ1n) is 17.4. The van der Waals surface area contributed by atoms with Crippen LogP contribution in [0.1, 0.15) is 109 Å². The normalized spacial score (nSPS) is 18.1. The van der Waals surface area contributed by atoms with Crippen LogP contribution < -0.4 is 10.1 Å². The van der Waals surface area contributed by atoms with Crippen LogP contribution in [0.3, 0.4) is 0 Å². The molecule has 1 saturated carbocycles. The number of rotatable bonds is 12. The quantitative estimate of drug-likeness (QED) is 0.225. The summed E-state index contributed by atoms with van der Waals surface area (Å²) in [6, 6.07) is 10.3. The molecule has 2 fully saturated rings. The van der Waals surface area contributed by atoms with Crippen molar-refractivity contribution in [3.8, 4) is 5.75 Å². The topological polar surface area (TPSA) is 121 Å². The van der Waals surface area contributed by atoms with Gasteiger partial charge in [-0.3, -0.25) is 14.5 Å². The predicted octanol–water partition coefficient (Wildman–Crippen LogP) is 5.92. The molecule has 2 aliphatic heterocycles. The number of hydrogen-bond donors (Lipinski definition) is 2. The number of benzene rings is 1. The Bertz CT molecular complexity index is 1530. The number of nitrogens with zero attached hydrogens (tertiary/aromatic N) is 4. The van der Waals surface area contributed by atoms with Gasteiger partial charge in [-0.1, -0.05) is 25.3 Å². The second-order valence-electron chi connectivity index (χ2n) is 13.6. The van der Waals surface area contributed by atoms with Gasteiger partial charge in [-0.05, 0) is 80.8 Å². The van der Waals surface area contributed by atoms with Crippen molar-refractivity contribution < 1.29 is 23.8 Å². The van der Waals surface area contributed by atoms with E-state index in [-0.39, 0.29) is 31.2 Å². The highest BCUT2D eigenvalue weighted by Crippen LogP contribution is 2.33. The van der Waals surface area contributed by atoms with E-state index in [0.29, 0.717) is 37.5 Å². The van der Waals surface area contributed by atoms with Crippen molar-refractivity contribution in [3.63, 3.8) is 0 Å². The summed E-state index contributed by atoms with van der Waals surface area (Å²) in [6.07, 6.45) is 10.0. The summed E-state index contributed by atoms with van der Waals surface area (Å²) in [5.74, 6) is 2.85. The number of aromatic nitrogens is 2. The third-order valence-corrected chi connectivity index (χ3v) is 10.1. The third-order valence-electron chi connectivity index (χ3n) is 10.1. The number of piperidine rings is 1. The van der Waals surface area contributed by atoms with Gasteiger partial charge >= 0.3 is 0 Å². The van der Waals surface area contributed by atoms with Crippen molar-refractivity contribution in [3.05, 3.63) is 70.6 Å². The number of fused-ring (bicyclic) bond motifs is 1. The number of ether oxygens (including phenoxy) is 1. The zero-order valence-electron chi connectivity index (χ0n) is 28.4. The average molecular weight is 678 g/mol. The lowest BCUT2D eigenvalue weighted by atomic mass is 9.86. The van der Waals surface area contributed by atoms with Gasteiger partial charge in [0.1, 0.15) is 18.2 Å². The van der Waals surface area contributed by atoms with Gasteiger partial charge in [-0.15, -0.1) is 0 Å². The number of pyridine rings is 1. The number of aliphatic hydroxyl groups excluding tert-OH is 1. The van der Waals surface area contributed by atoms with E-state index < -0.39 is 6.10 Å². The van der Waals surface area contributed by atoms with Crippen molar-refractivity contribution in [2.45, 2.75) is 109 Å². The highest BCUT2D eigenvalue weighted by atomic mass is 32.1. The molecular formula is C37H51N5O5S. The molecule has 1 atom stereocenters. The molecular weight excluding hydrogens is 627 g/mol. The van der Waals surface area contributed by atoms with Crippen molar-refractivity contribution in [2.24, 2.45) is 0 Å². The van der Waals surface area contributed by atoms with Gasteiger partial charge in [0.05, 0.1) is 11.8 Å². The molecule has 6 rings (SSSR count). The molecule has 0 spiro atoms. The first-order valence-corrected chi connectivity index (χ1v) is 17.4. The SMILES string of the molecule is CC(=O)N1CCC(Nc2cc(C(=O)CC[C@H](O)CN3CCc4cc(OCc5ocnc5C)ccc4C3)cc(C3CCCCC3)n2)CC1.S. The van der Waals surface area contributed by atoms with E-state index in [1.807, 2.05) is 30.0 Å². The molecule has 10 nitrogen and oxygen atoms in total. The van der Waals surface area contributed by atoms with Crippen LogP contribution >= 0.6 is 13.5 Å². The van der Waals surface area contributed by atoms with Gasteiger partial charge in [0.25, 0.3) is 0 Å². The number of likely N-dealkylation sites (tertiary alicyclic amines) is 1. The molecule has 1 aliphatic carbocycles. The molecule has 2 N–H and O–H groups in total. The number of oxazole rings is 1. The maximum atomic E-state index is 13.5. The highest BCUT2D eigenvalue weighted by Gasteiger charge is 2.25. The number of nitrogens with one attached hydrogen (secondary N) is 1. The Hall–Kier alpha value is -3.41. The zero-order chi connectivity index (χ0) is 32.8. The minimum Gasteiger partial charge on any atom is -0.486 e. The average Bonchev–Trinajstić information content (AvgIpc) is 3.50. The fourth-order valence-corrected chi connectivity index (χ4v) is 7.22. The summed E-state index contributed by atoms with van der Waals surface area (Å²) in [4.78, 5) is 38.6. The Morgan fingerprint density at radius 2 is 1.85 bits per heavy atom. The summed E-state index contributed by atoms with van der Waals surface area (Å²) in [5.41, 5.74) is 5.03. The molecule has 4 heterocycles. The van der Waals surface area contributed by atoms with Crippen LogP contribution in [0.15, 0.2) is 41.1 Å². The van der Waals surface area contributed by atoms with Crippen LogP contribution in [0, 0.1) is 6.92 Å². The molecule has 2 aromatic heterocycles. The van der Waals surface area contributed by atoms with E-state index >= 15 is 0 Å². The van der Waals surface area contributed by atoms with Gasteiger partial charge in [0.15, 0.2) is 17.9 Å². The van der Waals surface area contributed by atoms with Crippen LogP contribution in [-0.2, 0) is 24.4 Å². The molecule has 3 aromatic rings. The lowest BCUT2D eigenvalue weighted by molar-refractivity contribution is -0.129. The number of ketones is 1. The summed E-state index contributed by atoms with van der Waals surface area (Å²) >= 11 is 0. The van der Waals surface area contributed by atoms with E-state index in [0.717, 1.165) is 87.0 Å². The smallest absolute Gasteiger partial charge is 0.219 e. The predicted molar refractivity (Wildman–Crippen MR) is 190 cm³/mol. The van der Waals surface area contributed by atoms with Crippen LogP contribution in [0.5, 0.6) is 5.75 Å². The summed E-state index contributed by atoms with van der Waals surface area (Å²) < 4.78 is 11.3. The molecule has 3 aliphatic rings. The molecule has 0 bridgehead atoms. The Balaban J connectivity index is 0.00000451. The van der Waals surface area contributed by atoms with Crippen LogP contribution in [0.2, 0.25) is 0 Å². The van der Waals surface area contributed by atoms with Crippen molar-refractivity contribution in [1.29, 1.82) is 0 Å². The number of carbonyl (C=O) groups excluding carboxylic acids is 2. The fraction of sp³-hybridized carbons (Fsp3) is 0.568. The number of hydrogen-bond acceptors (Lipinski definition) is 9. The number of amides is 1. The fourth-order valence-electron chi connectivity index (χ4n) is 7.22. The Kier molecular flexibility index (Phi) is 12.6. The van der Waals surface area contributed by atoms with Crippen molar-refractivity contribution in [2.75, 3.05) is 31.5 Å². The van der Waals surface area contributed by atoms with Gasteiger partial charge < -0.3 is 24.5 Å². The second kappa shape index (κ2) is 16.8. The molecule has 1 aromatic carbocycles. The standard InChI is InChI=1S/C37H49N5O5.H2S/c1-25-36(47-24-38-25)23-46-33-10-8-29-21-41(15-12-28(29)18-33)22-32(44)9-11-35(45)30-19-34(27-6-4-3-5-7-27)40-37(20-30)39-31-13-16-42(17-14-31)26(2)43;/h8,10,18-20,24,27,31-32,44H,3-7,9,11-17,21-23H2,1-2H3,(H,39,40);1H2/t32-;/m0./s1. The molecule has 1 saturated heterocycles. The number of aryl methyl sites for hydroxylation is 1. The Morgan fingerprint density at radius 3 is 2.58 bits per heavy atom. The van der Waals surface area contributed by atoms with Crippen LogP contribution in [-0.4, -0.2) is 74.9 Å². The van der Waals surface area contributed by atoms with Gasteiger partial charge in [-0.2, -0.15) is 13.5 Å². The largest absolute Gasteiger partial charge is 0.486 e. The van der Waals surface area contributed by atoms with E-state index in [4.69, 9.17) is 14.1 Å². The maximum Gasteiger partial charge on any atom is 0.219 e. The van der Waals surface area contributed by atoms with E-state index in [1.165, 1.54) is 36.8 Å². The van der Waals surface area contributed by atoms with E-state index in [2.05, 4.69) is 27.3 Å². The molecule has 0 radical (unpaired) electrons. The second-order valence-corrected chi connectivity index (χ2v) is 13.6. The van der Waals surface area contributed by atoms with Gasteiger partial charge in [-0.25, -0.2) is 9.97 Å². The number of Topliss-reactive ketones (excluding diaryl/α,β-unsaturated/α-hetero) is 1. The van der Waals surface area contributed by atoms with Crippen LogP contribution in [0.4, 0.5) is 5.82 Å². The number of carbonyl (C=O) groups is 2. The minimum absolute atomic E-state index is 0. The summed E-state index contributed by atoms with van der Waals surface area (Å²) in [5, 5.41) is 14.6. The van der Waals surface area contributed by atoms with Gasteiger partial charge in [0.2, 0.25) is 5.91 Å². The Morgan fingerprint density at radius 1 is 1.06 bits per heavy atom. The van der Waals surface area contributed by atoms with Crippen LogP contribution in [0.25, 0.3) is 0 Å². The van der Waals surface area contributed by atoms with Crippen molar-refractivity contribution >= 4 is 31.0 Å². The van der Waals surface area contributed by atoms with E-state index in [9.17, 15) is 14.7 Å². The molecule has 11 heteroatoms. The molecule has 48 heavy (non-hydrogen) atoms. The molecule has 260 valence electrons. The maximum absolute atomic E-state index is 13.5. The van der Waals surface area contributed by atoms with E-state index in [1.54, 1.807) is 6.92 Å². The Labute approximate surface area is 291 Å². The summed E-state index contributed by atoms with van der Waals surface area (Å²) in [6.45, 7) is 7.49. The lowest BCUT2D eigenvalue weighted by Gasteiger charge is -2.32. The number of anilines is 1. The first kappa shape index (κ1) is 35.9. The lowest BCUT2D eigenvalue weighted by Crippen LogP contribution is -2.41. The number of aliphatic hydroxyl groups is 1. The molecule has 1 amide bonds. The van der Waals surface area contributed by atoms with Gasteiger partial charge in [0, 0.05) is 69.3 Å². The number of β-amino-alcohol motifs (C(OH)–C–C–N with tert-alkyl or cyclic N) is 1. The summed E-state index contributed by atoms with van der Waals surface area (Å²) in [7, 11) is 0. The highest BCUT2D eigenvalue weighted by molar-refractivity contribution is 7.59. The first-order chi connectivity index (χ1) is 22.8. The zero-order valence-corrected chi connectivity index (χ0v) is 29.4. The monoisotopic (exact) mass is 677 g/mol. The third kappa shape index (κ3) is 9.39. The minimum atomic E-state index is -0.586. The molecule has 0 unspecified atom stereocenters.